The molecule has 10 aromatic carbocycles. The first-order valence-corrected chi connectivity index (χ1v) is 53.8. The maximum atomic E-state index is 12.8. The molecule has 3 heterocycles. The first kappa shape index (κ1) is 124. The Morgan fingerprint density at radius 3 is 1.21 bits per heavy atom. The summed E-state index contributed by atoms with van der Waals surface area (Å²) in [6, 6.07) is 72.2. The number of nitrogens with zero attached hydrogens (tertiary/aromatic N) is 3. The Morgan fingerprint density at radius 2 is 0.844 bits per heavy atom. The van der Waals surface area contributed by atoms with Gasteiger partial charge < -0.3 is 52.6 Å². The van der Waals surface area contributed by atoms with Crippen molar-refractivity contribution in [3.8, 4) is 22.5 Å². The summed E-state index contributed by atoms with van der Waals surface area (Å²) < 4.78 is 93.0. The molecule has 0 atom stereocenters. The smallest absolute Gasteiger partial charge is 1.00 e. The standard InChI is InChI=1S/C21H16N2O2.C17H12F3NO2.C15H9BrF3NO2.C15H13NO.C13H10BrNO.C6H6ClNO2.C6H15N.3C4H9.C2H3.CH2O3.2Na.Sn.H/c1-3-14-9-10-17-16(12-14)19(15-7-5-4-6-8-15)20(21(24)22-17)18-11-13(2)23-25-18;1-2-11-8-9-14(21-16(23)17(18,19)20)13(10-11)15(22)12-6-4-3-5-7-12;16-10-6-7-12(20-14(22)15(17,18)19)11(8-10)13(21)9-4-2-1-3-5-9;1-2-11-8-9-14(16)13(10-11)15(17)12-6-4-3-5-7-12;14-10-6-7-12(15)11(8-10)13(16)9-4-2-1-3-5-9;1-4-2-5(10-8-4)3-6(7)9;1-4-7(5-2)6-3;3*1-3-4-2;1-2;2-1-4-3;;;;/h3-12H,1H2,2H3,(H,22,24);2-10H,1H2,(H,21,23);1-8H,(H,20,22);2-10H,1,16H2;1-8H,15H2;2H,3H2,1H3;4-6H2,1-3H3;3*1,3-4H2,2H3;1H,2H2;1,3H;;;;/q;;;;;;;;;;;;2*+1;;-1/p-1. The average molecular weight is 2210 g/mol. The summed E-state index contributed by atoms with van der Waals surface area (Å²) >= 11 is 9.73. The molecule has 0 aliphatic carbocycles. The van der Waals surface area contributed by atoms with Crippen LogP contribution in [0.4, 0.5) is 49.1 Å². The number of nitrogen functional groups attached to an aromatic ring is 2. The number of amides is 2. The summed E-state index contributed by atoms with van der Waals surface area (Å²) in [5.41, 5.74) is 21.8. The van der Waals surface area contributed by atoms with Crippen molar-refractivity contribution < 1.29 is 144 Å². The minimum Gasteiger partial charge on any atom is -1.00 e. The Bertz CT molecular complexity index is 6260. The molecule has 732 valence electrons. The van der Waals surface area contributed by atoms with Gasteiger partial charge in [-0.05, 0) is 140 Å². The zero-order valence-corrected chi connectivity index (χ0v) is 91.1. The Kier molecular flexibility index (Phi) is 57.1. The minimum absolute atomic E-state index is 0. The SMILES string of the molecule is C=Cc1ccc(N)c(C(=O)c2ccccc2)c1.C=Cc1ccc(NC(=O)C(F)(F)F)c(C(=O)c2ccccc2)c1.C=Cc1ccc2[nH]c(=O)c(-c3cc(C)no3)c(-c3ccccc3)c2c1.C=[CH][Sn]([CH2]CCC)([CH2]CCC)[CH2]CCC.CCN(CC)CC.Cc1cc(CC(=O)Cl)on1.Nc1ccc(Br)cc1C(=O)c1ccccc1.O=C(c1ccccc1)c1cc(Br)ccc1NC(=O)C(F)(F)F.O=CO[O-].[H-].[Na+].[Na+]. The first-order chi connectivity index (χ1) is 66.4. The number of hydrogen-bond donors (Lipinski definition) is 5. The van der Waals surface area contributed by atoms with Crippen LogP contribution in [0.15, 0.2) is 308 Å². The Balaban J connectivity index is 0.000000555. The van der Waals surface area contributed by atoms with Crippen molar-refractivity contribution in [2.24, 2.45) is 0 Å². The molecule has 13 rings (SSSR count). The number of unbranched alkanes of at least 4 members (excludes halogenated alkanes) is 3. The number of aromatic nitrogens is 3. The summed E-state index contributed by atoms with van der Waals surface area (Å²) in [5, 5.41) is 19.9. The molecule has 0 radical (unpaired) electrons. The van der Waals surface area contributed by atoms with E-state index in [-0.39, 0.29) is 113 Å². The molecule has 0 saturated heterocycles. The van der Waals surface area contributed by atoms with Crippen molar-refractivity contribution in [1.82, 2.24) is 20.2 Å². The topological polar surface area (TPSA) is 333 Å². The third kappa shape index (κ3) is 41.7. The number of anilines is 4. The Hall–Kier alpha value is -11.3. The van der Waals surface area contributed by atoms with E-state index < -0.39 is 59.4 Å². The first-order valence-electron chi connectivity index (χ1n) is 44.2. The molecule has 0 aliphatic rings. The van der Waals surface area contributed by atoms with E-state index in [4.69, 9.17) is 42.2 Å². The number of carbonyl (C=O) groups excluding carboxylic acids is 8. The Morgan fingerprint density at radius 1 is 0.496 bits per heavy atom. The van der Waals surface area contributed by atoms with E-state index in [1.807, 2.05) is 104 Å². The summed E-state index contributed by atoms with van der Waals surface area (Å²) in [6.45, 7) is 35.8. The number of ketones is 4. The van der Waals surface area contributed by atoms with Crippen LogP contribution in [-0.2, 0) is 30.5 Å². The van der Waals surface area contributed by atoms with Gasteiger partial charge in [0.1, 0.15) is 5.76 Å². The van der Waals surface area contributed by atoms with Crippen LogP contribution in [0.1, 0.15) is 179 Å². The van der Waals surface area contributed by atoms with Gasteiger partial charge in [-0.2, -0.15) is 26.3 Å². The average Bonchev–Trinajstić information content (AvgIpc) is 1.22. The fourth-order valence-electron chi connectivity index (χ4n) is 13.4. The monoisotopic (exact) mass is 2200 g/mol. The van der Waals surface area contributed by atoms with Crippen molar-refractivity contribution >= 4 is 160 Å². The van der Waals surface area contributed by atoms with Gasteiger partial charge in [0.2, 0.25) is 5.24 Å². The van der Waals surface area contributed by atoms with E-state index in [2.05, 4.69) is 129 Å². The van der Waals surface area contributed by atoms with Gasteiger partial charge in [0, 0.05) is 93.4 Å². The molecule has 0 unspecified atom stereocenters. The quantitative estimate of drug-likeness (QED) is 0.00394. The van der Waals surface area contributed by atoms with Gasteiger partial charge in [-0.15, -0.1) is 0 Å². The number of pyridine rings is 1. The van der Waals surface area contributed by atoms with Gasteiger partial charge in [0.05, 0.1) is 34.7 Å². The predicted octanol–water partition coefficient (Wildman–Crippen LogP) is 20.2. The molecule has 0 aliphatic heterocycles. The maximum absolute atomic E-state index is 12.8. The summed E-state index contributed by atoms with van der Waals surface area (Å²) in [7, 11) is 0. The summed E-state index contributed by atoms with van der Waals surface area (Å²) in [6.07, 6.45) is 3.45. The second-order valence-corrected chi connectivity index (χ2v) is 46.2. The fourth-order valence-corrected chi connectivity index (χ4v) is 27.2. The number of aromatic amines is 1. The molecule has 13 aromatic rings. The van der Waals surface area contributed by atoms with Gasteiger partial charge >= 0.3 is 185 Å². The molecule has 33 heteroatoms. The molecule has 2 amide bonds. The molecule has 0 spiro atoms. The number of carbonyl (C=O) groups is 8. The molecular formula is C108H113Br2ClF6N8Na2O13Sn. The van der Waals surface area contributed by atoms with E-state index in [1.54, 1.807) is 152 Å². The van der Waals surface area contributed by atoms with Crippen LogP contribution < -0.4 is 92.0 Å². The van der Waals surface area contributed by atoms with E-state index in [0.29, 0.717) is 71.9 Å². The molecule has 0 bridgehead atoms. The van der Waals surface area contributed by atoms with Crippen molar-refractivity contribution in [2.75, 3.05) is 41.7 Å². The zero-order chi connectivity index (χ0) is 103. The molecule has 3 aromatic heterocycles. The molecule has 0 saturated carbocycles. The Labute approximate surface area is 889 Å². The van der Waals surface area contributed by atoms with Crippen molar-refractivity contribution in [3.05, 3.63) is 383 Å². The molecule has 141 heavy (non-hydrogen) atoms. The van der Waals surface area contributed by atoms with Gasteiger partial charge in [-0.1, -0.05) is 271 Å². The van der Waals surface area contributed by atoms with E-state index >= 15 is 0 Å². The zero-order valence-electron chi connectivity index (χ0n) is 81.4. The van der Waals surface area contributed by atoms with Crippen molar-refractivity contribution in [1.29, 1.82) is 0 Å². The van der Waals surface area contributed by atoms with E-state index in [1.165, 1.54) is 113 Å². The van der Waals surface area contributed by atoms with Crippen LogP contribution in [0.3, 0.4) is 0 Å². The number of fused-ring (bicyclic) bond motifs is 1. The summed E-state index contributed by atoms with van der Waals surface area (Å²) in [5.74, 6) is -4.39. The number of hydrogen-bond acceptors (Lipinski definition) is 18. The number of aryl methyl sites for hydroxylation is 2. The van der Waals surface area contributed by atoms with Gasteiger partial charge in [0.15, 0.2) is 28.9 Å². The third-order valence-corrected chi connectivity index (χ3v) is 36.0. The normalized spacial score (nSPS) is 10.4. The van der Waals surface area contributed by atoms with Crippen LogP contribution in [0, 0.1) is 13.8 Å². The van der Waals surface area contributed by atoms with Gasteiger partial charge in [-0.25, -0.2) is 0 Å². The van der Waals surface area contributed by atoms with Crippen LogP contribution in [0.5, 0.6) is 0 Å². The third-order valence-electron chi connectivity index (χ3n) is 20.8. The predicted molar refractivity (Wildman–Crippen MR) is 552 cm³/mol. The molecule has 0 fully saturated rings. The number of halogens is 9. The molecule has 21 nitrogen and oxygen atoms in total. The molecule has 7 N–H and O–H groups in total. The fraction of sp³-hybridized carbons (Fsp3) is 0.213. The number of nitrogens with one attached hydrogen (secondary N) is 3. The number of benzene rings is 10. The van der Waals surface area contributed by atoms with E-state index in [9.17, 15) is 64.7 Å². The van der Waals surface area contributed by atoms with Crippen molar-refractivity contribution in [3.63, 3.8) is 0 Å². The number of H-pyrrole nitrogens is 1. The number of nitrogens with two attached hydrogens (primary N) is 2. The summed E-state index contributed by atoms with van der Waals surface area (Å²) in [4.78, 5) is 111. The van der Waals surface area contributed by atoms with Crippen LogP contribution in [0.25, 0.3) is 51.6 Å². The number of alkyl halides is 6. The largest absolute Gasteiger partial charge is 1.00 e. The van der Waals surface area contributed by atoms with Crippen LogP contribution in [0.2, 0.25) is 13.3 Å². The van der Waals surface area contributed by atoms with E-state index in [0.717, 1.165) is 49.0 Å². The van der Waals surface area contributed by atoms with Gasteiger partial charge in [0.25, 0.3) is 12.0 Å². The van der Waals surface area contributed by atoms with Crippen LogP contribution in [-0.4, -0.2) is 117 Å². The minimum atomic E-state index is -5.04. The second kappa shape index (κ2) is 65.0. The van der Waals surface area contributed by atoms with Crippen molar-refractivity contribution in [2.45, 2.75) is 126 Å². The molecular weight excluding hydrogens is 2090 g/mol. The second-order valence-electron chi connectivity index (χ2n) is 30.7. The van der Waals surface area contributed by atoms with Crippen LogP contribution >= 0.6 is 43.5 Å². The maximum Gasteiger partial charge on any atom is 1.00 e. The number of rotatable bonds is 31. The van der Waals surface area contributed by atoms with Gasteiger partial charge in [-0.3, -0.25) is 43.2 Å².